The SMILES string of the molecule is C=C(OC(=O)c1ccc2ccccc2c1)C(F)(F)F. The fraction of sp³-hybridized carbons (Fsp3) is 0.0714. The highest BCUT2D eigenvalue weighted by atomic mass is 19.4. The zero-order chi connectivity index (χ0) is 14.0. The van der Waals surface area contributed by atoms with Gasteiger partial charge in [-0.1, -0.05) is 36.9 Å². The Morgan fingerprint density at radius 3 is 2.32 bits per heavy atom. The summed E-state index contributed by atoms with van der Waals surface area (Å²) in [5.41, 5.74) is 0.0455. The van der Waals surface area contributed by atoms with Crippen LogP contribution in [0.4, 0.5) is 13.2 Å². The quantitative estimate of drug-likeness (QED) is 0.605. The van der Waals surface area contributed by atoms with Crippen molar-refractivity contribution in [1.29, 1.82) is 0 Å². The first-order chi connectivity index (χ1) is 8.88. The van der Waals surface area contributed by atoms with Crippen LogP contribution in [0.5, 0.6) is 0 Å². The molecule has 0 aliphatic heterocycles. The Morgan fingerprint density at radius 2 is 1.68 bits per heavy atom. The summed E-state index contributed by atoms with van der Waals surface area (Å²) in [6.45, 7) is 2.69. The number of carbonyl (C=O) groups excluding carboxylic acids is 1. The van der Waals surface area contributed by atoms with E-state index in [-0.39, 0.29) is 5.56 Å². The molecule has 0 fully saturated rings. The van der Waals surface area contributed by atoms with Crippen LogP contribution in [0.3, 0.4) is 0 Å². The van der Waals surface area contributed by atoms with Crippen LogP contribution in [0, 0.1) is 0 Å². The van der Waals surface area contributed by atoms with Crippen LogP contribution in [0.1, 0.15) is 10.4 Å². The third kappa shape index (κ3) is 2.93. The van der Waals surface area contributed by atoms with E-state index in [0.717, 1.165) is 10.8 Å². The van der Waals surface area contributed by atoms with Crippen LogP contribution >= 0.6 is 0 Å². The van der Waals surface area contributed by atoms with Crippen LogP contribution in [0.2, 0.25) is 0 Å². The molecule has 0 bridgehead atoms. The van der Waals surface area contributed by atoms with Crippen molar-refractivity contribution in [3.8, 4) is 0 Å². The maximum Gasteiger partial charge on any atom is 0.449 e. The van der Waals surface area contributed by atoms with Gasteiger partial charge in [-0.3, -0.25) is 0 Å². The van der Waals surface area contributed by atoms with Gasteiger partial charge >= 0.3 is 12.1 Å². The van der Waals surface area contributed by atoms with Gasteiger partial charge in [0.2, 0.25) is 5.76 Å². The van der Waals surface area contributed by atoms with Gasteiger partial charge in [0.25, 0.3) is 0 Å². The Hall–Kier alpha value is -2.30. The van der Waals surface area contributed by atoms with Gasteiger partial charge in [-0.25, -0.2) is 4.79 Å². The number of alkyl halides is 3. The van der Waals surface area contributed by atoms with Gasteiger partial charge in [0.15, 0.2) is 0 Å². The topological polar surface area (TPSA) is 26.3 Å². The van der Waals surface area contributed by atoms with E-state index in [2.05, 4.69) is 11.3 Å². The Morgan fingerprint density at radius 1 is 1.05 bits per heavy atom. The van der Waals surface area contributed by atoms with Crippen molar-refractivity contribution < 1.29 is 22.7 Å². The molecule has 0 amide bonds. The first-order valence-corrected chi connectivity index (χ1v) is 5.35. The van der Waals surface area contributed by atoms with E-state index >= 15 is 0 Å². The highest BCUT2D eigenvalue weighted by molar-refractivity contribution is 5.95. The summed E-state index contributed by atoms with van der Waals surface area (Å²) in [7, 11) is 0. The highest BCUT2D eigenvalue weighted by Crippen LogP contribution is 2.26. The van der Waals surface area contributed by atoms with Gasteiger partial charge in [0, 0.05) is 0 Å². The number of rotatable bonds is 2. The number of hydrogen-bond donors (Lipinski definition) is 0. The van der Waals surface area contributed by atoms with Crippen LogP contribution in [-0.4, -0.2) is 12.1 Å². The highest BCUT2D eigenvalue weighted by Gasteiger charge is 2.35. The monoisotopic (exact) mass is 266 g/mol. The molecule has 0 spiro atoms. The van der Waals surface area contributed by atoms with Gasteiger partial charge in [-0.15, -0.1) is 0 Å². The minimum absolute atomic E-state index is 0.0455. The summed E-state index contributed by atoms with van der Waals surface area (Å²) in [4.78, 5) is 11.6. The average Bonchev–Trinajstić information content (AvgIpc) is 2.37. The fourth-order valence-electron chi connectivity index (χ4n) is 1.54. The van der Waals surface area contributed by atoms with Crippen molar-refractivity contribution in [3.05, 3.63) is 60.4 Å². The lowest BCUT2D eigenvalue weighted by molar-refractivity contribution is -0.122. The zero-order valence-electron chi connectivity index (χ0n) is 9.70. The number of allylic oxidation sites excluding steroid dienone is 1. The minimum Gasteiger partial charge on any atom is -0.418 e. The number of benzene rings is 2. The maximum atomic E-state index is 12.2. The van der Waals surface area contributed by atoms with Gasteiger partial charge in [0.05, 0.1) is 5.56 Å². The number of hydrogen-bond acceptors (Lipinski definition) is 2. The first-order valence-electron chi connectivity index (χ1n) is 5.35. The van der Waals surface area contributed by atoms with E-state index in [4.69, 9.17) is 0 Å². The summed E-state index contributed by atoms with van der Waals surface area (Å²) in [5.74, 6) is -2.60. The van der Waals surface area contributed by atoms with Crippen LogP contribution in [0.25, 0.3) is 10.8 Å². The molecule has 0 aromatic heterocycles. The van der Waals surface area contributed by atoms with Crippen LogP contribution in [0.15, 0.2) is 54.8 Å². The van der Waals surface area contributed by atoms with E-state index in [0.29, 0.717) is 0 Å². The predicted molar refractivity (Wildman–Crippen MR) is 64.6 cm³/mol. The summed E-state index contributed by atoms with van der Waals surface area (Å²) in [6, 6.07) is 11.7. The van der Waals surface area contributed by atoms with Crippen LogP contribution < -0.4 is 0 Å². The molecule has 0 saturated heterocycles. The van der Waals surface area contributed by atoms with Crippen molar-refractivity contribution in [2.75, 3.05) is 0 Å². The van der Waals surface area contributed by atoms with E-state index in [9.17, 15) is 18.0 Å². The fourth-order valence-corrected chi connectivity index (χ4v) is 1.54. The molecule has 0 aliphatic rings. The number of halogens is 3. The lowest BCUT2D eigenvalue weighted by Crippen LogP contribution is -2.17. The van der Waals surface area contributed by atoms with Crippen molar-refractivity contribution in [1.82, 2.24) is 0 Å². The van der Waals surface area contributed by atoms with Gasteiger partial charge in [0.1, 0.15) is 0 Å². The lowest BCUT2D eigenvalue weighted by atomic mass is 10.1. The summed E-state index contributed by atoms with van der Waals surface area (Å²) in [5, 5.41) is 1.63. The molecule has 0 radical (unpaired) electrons. The molecule has 2 aromatic rings. The third-order valence-electron chi connectivity index (χ3n) is 2.52. The normalized spacial score (nSPS) is 11.3. The second kappa shape index (κ2) is 4.76. The molecule has 98 valence electrons. The van der Waals surface area contributed by atoms with Crippen LogP contribution in [-0.2, 0) is 4.74 Å². The molecule has 2 aromatic carbocycles. The van der Waals surface area contributed by atoms with Gasteiger partial charge < -0.3 is 4.74 Å². The van der Waals surface area contributed by atoms with Crippen molar-refractivity contribution in [3.63, 3.8) is 0 Å². The van der Waals surface area contributed by atoms with Gasteiger partial charge in [-0.05, 0) is 22.9 Å². The van der Waals surface area contributed by atoms with Gasteiger partial charge in [-0.2, -0.15) is 13.2 Å². The molecule has 0 unspecified atom stereocenters. The number of fused-ring (bicyclic) bond motifs is 1. The average molecular weight is 266 g/mol. The second-order valence-electron chi connectivity index (χ2n) is 3.87. The molecule has 0 atom stereocenters. The number of ether oxygens (including phenoxy) is 1. The Balaban J connectivity index is 2.25. The van der Waals surface area contributed by atoms with E-state index in [1.807, 2.05) is 12.1 Å². The molecule has 0 aliphatic carbocycles. The molecular weight excluding hydrogens is 257 g/mol. The smallest absolute Gasteiger partial charge is 0.418 e. The van der Waals surface area contributed by atoms with E-state index in [1.165, 1.54) is 12.1 Å². The molecule has 0 N–H and O–H groups in total. The molecule has 2 nitrogen and oxygen atoms in total. The number of esters is 1. The molecule has 2 rings (SSSR count). The molecule has 19 heavy (non-hydrogen) atoms. The molecular formula is C14H9F3O2. The van der Waals surface area contributed by atoms with E-state index in [1.54, 1.807) is 18.2 Å². The maximum absolute atomic E-state index is 12.2. The zero-order valence-corrected chi connectivity index (χ0v) is 9.70. The standard InChI is InChI=1S/C14H9F3O2/c1-9(14(15,16)17)19-13(18)12-7-6-10-4-2-3-5-11(10)8-12/h2-8H,1H2. The Kier molecular flexibility index (Phi) is 3.29. The summed E-state index contributed by atoms with van der Waals surface area (Å²) >= 11 is 0. The Bertz CT molecular complexity index is 644. The first kappa shape index (κ1) is 13.1. The third-order valence-corrected chi connectivity index (χ3v) is 2.52. The number of carbonyl (C=O) groups is 1. The predicted octanol–water partition coefficient (Wildman–Crippen LogP) is 4.07. The molecule has 0 heterocycles. The molecule has 5 heteroatoms. The van der Waals surface area contributed by atoms with E-state index < -0.39 is 17.9 Å². The second-order valence-corrected chi connectivity index (χ2v) is 3.87. The van der Waals surface area contributed by atoms with Crippen molar-refractivity contribution in [2.45, 2.75) is 6.18 Å². The van der Waals surface area contributed by atoms with Crippen molar-refractivity contribution in [2.24, 2.45) is 0 Å². The summed E-state index contributed by atoms with van der Waals surface area (Å²) < 4.78 is 40.8. The largest absolute Gasteiger partial charge is 0.449 e. The summed E-state index contributed by atoms with van der Waals surface area (Å²) in [6.07, 6.45) is -4.74. The Labute approximate surface area is 107 Å². The lowest BCUT2D eigenvalue weighted by Gasteiger charge is -2.10. The van der Waals surface area contributed by atoms with Crippen molar-refractivity contribution >= 4 is 16.7 Å². The minimum atomic E-state index is -4.74. The molecule has 0 saturated carbocycles.